The van der Waals surface area contributed by atoms with Gasteiger partial charge < -0.3 is 0 Å². The van der Waals surface area contributed by atoms with Gasteiger partial charge in [0, 0.05) is 0 Å². The molecule has 108 heavy (non-hydrogen) atoms. The molecule has 0 bridgehead atoms. The van der Waals surface area contributed by atoms with Crippen molar-refractivity contribution in [3.63, 3.8) is 0 Å². The summed E-state index contributed by atoms with van der Waals surface area (Å²) in [6, 6.07) is 104. The predicted molar refractivity (Wildman–Crippen MR) is 483 cm³/mol. The Kier molecular flexibility index (Phi) is 33.2. The second-order valence-electron chi connectivity index (χ2n) is 32.0. The third kappa shape index (κ3) is 24.6. The smallest absolute Gasteiger partial charge is 0.0147 e. The lowest BCUT2D eigenvalue weighted by molar-refractivity contribution is 0.859. The van der Waals surface area contributed by atoms with Crippen molar-refractivity contribution in [2.75, 3.05) is 0 Å². The second-order valence-corrected chi connectivity index (χ2v) is 32.0. The normalized spacial score (nSPS) is 10.9. The molecule has 0 nitrogen and oxygen atoms in total. The van der Waals surface area contributed by atoms with Gasteiger partial charge in [0.1, 0.15) is 0 Å². The van der Waals surface area contributed by atoms with Crippen molar-refractivity contribution in [1.82, 2.24) is 0 Å². The van der Waals surface area contributed by atoms with E-state index in [1.165, 1.54) is 154 Å². The van der Waals surface area contributed by atoms with E-state index in [4.69, 9.17) is 0 Å². The number of fused-ring (bicyclic) bond motifs is 4. The van der Waals surface area contributed by atoms with E-state index in [1.807, 2.05) is 0 Å². The molecule has 0 fully saturated rings. The van der Waals surface area contributed by atoms with E-state index in [1.54, 1.807) is 0 Å². The second kappa shape index (κ2) is 42.0. The molecule has 0 saturated heterocycles. The third-order valence-corrected chi connectivity index (χ3v) is 20.6. The highest BCUT2D eigenvalue weighted by Crippen LogP contribution is 2.34. The average molecular weight is 1430 g/mol. The predicted octanol–water partition coefficient (Wildman–Crippen LogP) is 32.9. The number of hydrogen-bond donors (Lipinski definition) is 0. The fraction of sp³-hybridized carbons (Fsp3) is 0.296. The van der Waals surface area contributed by atoms with Gasteiger partial charge in [-0.3, -0.25) is 0 Å². The van der Waals surface area contributed by atoms with Gasteiger partial charge in [-0.05, 0) is 240 Å². The first-order valence-corrected chi connectivity index (χ1v) is 39.9. The summed E-state index contributed by atoms with van der Waals surface area (Å²) in [6.07, 6.45) is 0. The zero-order chi connectivity index (χ0) is 78.7. The highest BCUT2D eigenvalue weighted by molar-refractivity contribution is 5.91. The van der Waals surface area contributed by atoms with Crippen LogP contribution < -0.4 is 0 Å². The van der Waals surface area contributed by atoms with Gasteiger partial charge in [0.2, 0.25) is 0 Å². The standard InChI is InChI=1S/2C16H18.4C14H16.2C10H14/c1-12(2)15-9-10-16(13(3)11-15)14-7-5-4-6-8-14;1-12(2)16-11-13(3)9-10-15(16)14-7-5-4-6-8-14;1-10(2)12-7-5-8-13-11(3)6-4-9-14(12)13;1-10(2)13-9-8-12-6-4-5-7-14(12)11(13)3;1-10(2)12-9-8-11(3)13-6-4-5-7-14(12)13;1-10(2)14-11(3)8-9-12-6-4-5-7-13(12)14;1-8(2)10-6-4-9(3)5-7-10;1-8(2)10-6-4-5-9(3)7-10/h2*4-12H,1-3H3;4*4-10H,1-3H3;2*4-8H,1-3H3. The van der Waals surface area contributed by atoms with Crippen molar-refractivity contribution in [2.24, 2.45) is 0 Å². The zero-order valence-corrected chi connectivity index (χ0v) is 70.3. The molecule has 0 N–H and O–H groups in total. The molecule has 0 unspecified atom stereocenters. The molecule has 0 spiro atoms. The van der Waals surface area contributed by atoms with Crippen molar-refractivity contribution in [3.8, 4) is 22.3 Å². The molecule has 0 aliphatic heterocycles. The summed E-state index contributed by atoms with van der Waals surface area (Å²) in [5.41, 5.74) is 27.8. The summed E-state index contributed by atoms with van der Waals surface area (Å²) >= 11 is 0. The van der Waals surface area contributed by atoms with E-state index < -0.39 is 0 Å². The summed E-state index contributed by atoms with van der Waals surface area (Å²) in [6.45, 7) is 53.2. The SMILES string of the molecule is Cc1c(C(C)C)ccc2ccccc12.Cc1cc(C(C)C)ccc1-c1ccccc1.Cc1ccc(-c2ccccc2)c(C(C)C)c1.Cc1ccc(C(C)C)c2ccccc12.Cc1ccc(C(C)C)cc1.Cc1ccc2ccccc2c1C(C)C.Cc1cccc(C(C)C)c1.Cc1cccc2c(C(C)C)cccc12. The van der Waals surface area contributed by atoms with Crippen LogP contribution in [0.15, 0.2) is 291 Å². The van der Waals surface area contributed by atoms with Crippen molar-refractivity contribution < 1.29 is 0 Å². The lowest BCUT2D eigenvalue weighted by Crippen LogP contribution is -1.93. The highest BCUT2D eigenvalue weighted by atomic mass is 14.2. The first kappa shape index (κ1) is 85.4. The molecule has 0 aliphatic rings. The van der Waals surface area contributed by atoms with E-state index >= 15 is 0 Å². The van der Waals surface area contributed by atoms with Crippen molar-refractivity contribution in [3.05, 3.63) is 380 Å². The Morgan fingerprint density at radius 3 is 1.10 bits per heavy atom. The Balaban J connectivity index is 0.000000173. The number of aryl methyl sites for hydroxylation is 8. The molecule has 0 aliphatic carbocycles. The molecule has 560 valence electrons. The molecule has 14 rings (SSSR count). The van der Waals surface area contributed by atoms with Gasteiger partial charge in [0.05, 0.1) is 0 Å². The van der Waals surface area contributed by atoms with Crippen molar-refractivity contribution in [1.29, 1.82) is 0 Å². The quantitative estimate of drug-likeness (QED) is 0.128. The lowest BCUT2D eigenvalue weighted by Gasteiger charge is -2.14. The maximum atomic E-state index is 2.30. The fourth-order valence-electron chi connectivity index (χ4n) is 14.2. The molecular weight excluding hydrogens is 1300 g/mol. The third-order valence-electron chi connectivity index (χ3n) is 20.6. The van der Waals surface area contributed by atoms with Gasteiger partial charge in [0.25, 0.3) is 0 Å². The van der Waals surface area contributed by atoms with E-state index in [0.29, 0.717) is 47.3 Å². The van der Waals surface area contributed by atoms with Gasteiger partial charge in [-0.1, -0.05) is 419 Å². The molecule has 0 amide bonds. The Hall–Kier alpha value is -9.88. The molecule has 0 atom stereocenters. The Morgan fingerprint density at radius 2 is 0.574 bits per heavy atom. The van der Waals surface area contributed by atoms with E-state index in [0.717, 1.165) is 0 Å². The van der Waals surface area contributed by atoms with E-state index in [9.17, 15) is 0 Å². The molecule has 0 heterocycles. The highest BCUT2D eigenvalue weighted by Gasteiger charge is 2.13. The first-order valence-electron chi connectivity index (χ1n) is 39.9. The monoisotopic (exact) mass is 1430 g/mol. The van der Waals surface area contributed by atoms with Crippen molar-refractivity contribution in [2.45, 2.75) is 214 Å². The van der Waals surface area contributed by atoms with Crippen LogP contribution in [0.4, 0.5) is 0 Å². The topological polar surface area (TPSA) is 0 Å². The van der Waals surface area contributed by atoms with Crippen LogP contribution in [0.3, 0.4) is 0 Å². The summed E-state index contributed by atoms with van der Waals surface area (Å²) in [4.78, 5) is 0. The van der Waals surface area contributed by atoms with Crippen LogP contribution in [0.2, 0.25) is 0 Å². The minimum absolute atomic E-state index is 0.565. The Labute approximate surface area is 654 Å². The Morgan fingerprint density at radius 1 is 0.185 bits per heavy atom. The summed E-state index contributed by atoms with van der Waals surface area (Å²) in [7, 11) is 0. The maximum Gasteiger partial charge on any atom is -0.0147 e. The number of rotatable bonds is 10. The summed E-state index contributed by atoms with van der Waals surface area (Å²) in [5.74, 6) is 4.88. The van der Waals surface area contributed by atoms with E-state index in [2.05, 4.69) is 457 Å². The Bertz CT molecular complexity index is 4990. The molecule has 0 aromatic heterocycles. The first-order chi connectivity index (χ1) is 51.6. The van der Waals surface area contributed by atoms with Crippen LogP contribution in [0, 0.1) is 55.4 Å². The van der Waals surface area contributed by atoms with Gasteiger partial charge in [-0.2, -0.15) is 0 Å². The summed E-state index contributed by atoms with van der Waals surface area (Å²) in [5, 5.41) is 11.1. The van der Waals surface area contributed by atoms with Crippen LogP contribution in [0.1, 0.15) is 247 Å². The number of benzene rings is 14. The fourth-order valence-corrected chi connectivity index (χ4v) is 14.2. The molecular formula is C108H128. The lowest BCUT2D eigenvalue weighted by atomic mass is 9.91. The minimum atomic E-state index is 0.565. The van der Waals surface area contributed by atoms with Crippen LogP contribution in [0.25, 0.3) is 65.3 Å². The largest absolute Gasteiger partial charge is 0.0622 e. The van der Waals surface area contributed by atoms with Crippen LogP contribution >= 0.6 is 0 Å². The van der Waals surface area contributed by atoms with Crippen LogP contribution in [-0.4, -0.2) is 0 Å². The number of hydrogen-bond acceptors (Lipinski definition) is 0. The van der Waals surface area contributed by atoms with Crippen molar-refractivity contribution >= 4 is 43.1 Å². The maximum absolute atomic E-state index is 2.30. The molecule has 0 heteroatoms. The van der Waals surface area contributed by atoms with Crippen LogP contribution in [-0.2, 0) is 0 Å². The summed E-state index contributed by atoms with van der Waals surface area (Å²) < 4.78 is 0. The minimum Gasteiger partial charge on any atom is -0.0622 e. The van der Waals surface area contributed by atoms with Crippen LogP contribution in [0.5, 0.6) is 0 Å². The molecule has 0 radical (unpaired) electrons. The zero-order valence-electron chi connectivity index (χ0n) is 70.3. The average Bonchev–Trinajstić information content (AvgIpc) is 0.876. The van der Waals surface area contributed by atoms with E-state index in [-0.39, 0.29) is 0 Å². The van der Waals surface area contributed by atoms with Gasteiger partial charge in [-0.15, -0.1) is 0 Å². The molecule has 14 aromatic rings. The van der Waals surface area contributed by atoms with Gasteiger partial charge in [0.15, 0.2) is 0 Å². The molecule has 14 aromatic carbocycles. The van der Waals surface area contributed by atoms with Gasteiger partial charge >= 0.3 is 0 Å². The molecule has 0 saturated carbocycles. The van der Waals surface area contributed by atoms with Gasteiger partial charge in [-0.25, -0.2) is 0 Å².